The SMILES string of the molecule is C=CC(=O)N1CCc2ccc(-n3c(NC(=O)c4ccc(C(F)F)s4)nc4cc(CN(C(=O)OCc5ccccc5)[C@@H](C)C(C)(C)C)ccc43)cc21. The lowest BCUT2D eigenvalue weighted by atomic mass is 9.87. The summed E-state index contributed by atoms with van der Waals surface area (Å²) < 4.78 is 34.2. The second-order valence-electron chi connectivity index (χ2n) is 13.5. The largest absolute Gasteiger partial charge is 0.445 e. The number of carbonyl (C=O) groups is 3. The molecule has 3 heterocycles. The first-order valence-corrected chi connectivity index (χ1v) is 17.4. The van der Waals surface area contributed by atoms with Crippen LogP contribution in [0.25, 0.3) is 16.7 Å². The highest BCUT2D eigenvalue weighted by atomic mass is 32.1. The van der Waals surface area contributed by atoms with Gasteiger partial charge in [-0.15, -0.1) is 11.3 Å². The fraction of sp³-hybridized carbons (Fsp3) is 0.282. The summed E-state index contributed by atoms with van der Waals surface area (Å²) in [7, 11) is 0. The van der Waals surface area contributed by atoms with Gasteiger partial charge < -0.3 is 14.5 Å². The molecule has 3 aromatic carbocycles. The third kappa shape index (κ3) is 7.56. The van der Waals surface area contributed by atoms with E-state index in [0.29, 0.717) is 41.0 Å². The highest BCUT2D eigenvalue weighted by Gasteiger charge is 2.31. The van der Waals surface area contributed by atoms with Gasteiger partial charge in [0, 0.05) is 24.8 Å². The molecule has 1 N–H and O–H groups in total. The van der Waals surface area contributed by atoms with Gasteiger partial charge in [0.25, 0.3) is 12.3 Å². The number of imidazole rings is 1. The van der Waals surface area contributed by atoms with Crippen LogP contribution in [0.1, 0.15) is 65.4 Å². The number of hydrogen-bond donors (Lipinski definition) is 1. The quantitative estimate of drug-likeness (QED) is 0.146. The average Bonchev–Trinajstić information content (AvgIpc) is 3.86. The Morgan fingerprint density at radius 1 is 1.04 bits per heavy atom. The molecule has 1 aliphatic heterocycles. The number of carbonyl (C=O) groups excluding carboxylic acids is 3. The van der Waals surface area contributed by atoms with Crippen molar-refractivity contribution in [3.05, 3.63) is 118 Å². The van der Waals surface area contributed by atoms with E-state index in [4.69, 9.17) is 9.72 Å². The molecule has 3 amide bonds. The monoisotopic (exact) mass is 711 g/mol. The Hall–Kier alpha value is -5.36. The van der Waals surface area contributed by atoms with Crippen molar-refractivity contribution in [3.63, 3.8) is 0 Å². The van der Waals surface area contributed by atoms with Crippen LogP contribution in [0, 0.1) is 5.41 Å². The Bertz CT molecular complexity index is 2100. The Labute approximate surface area is 299 Å². The lowest BCUT2D eigenvalue weighted by Gasteiger charge is -2.37. The number of benzene rings is 3. The summed E-state index contributed by atoms with van der Waals surface area (Å²) in [5.41, 5.74) is 4.95. The van der Waals surface area contributed by atoms with Crippen molar-refractivity contribution in [2.24, 2.45) is 5.41 Å². The van der Waals surface area contributed by atoms with Gasteiger partial charge in [-0.25, -0.2) is 18.6 Å². The smallest absolute Gasteiger partial charge is 0.410 e. The van der Waals surface area contributed by atoms with Crippen molar-refractivity contribution in [3.8, 4) is 5.69 Å². The molecule has 0 aliphatic carbocycles. The van der Waals surface area contributed by atoms with Gasteiger partial charge in [0.2, 0.25) is 11.9 Å². The lowest BCUT2D eigenvalue weighted by Crippen LogP contribution is -2.45. The summed E-state index contributed by atoms with van der Waals surface area (Å²) in [6.07, 6.45) is -1.17. The zero-order valence-electron chi connectivity index (χ0n) is 28.9. The van der Waals surface area contributed by atoms with Crippen LogP contribution in [0.5, 0.6) is 0 Å². The predicted molar refractivity (Wildman–Crippen MR) is 196 cm³/mol. The summed E-state index contributed by atoms with van der Waals surface area (Å²) >= 11 is 0.716. The van der Waals surface area contributed by atoms with Crippen LogP contribution < -0.4 is 10.2 Å². The molecule has 1 atom stereocenters. The Morgan fingerprint density at radius 3 is 2.49 bits per heavy atom. The maximum absolute atomic E-state index is 13.6. The van der Waals surface area contributed by atoms with Crippen molar-refractivity contribution in [1.82, 2.24) is 14.5 Å². The molecule has 2 aromatic heterocycles. The lowest BCUT2D eigenvalue weighted by molar-refractivity contribution is -0.114. The van der Waals surface area contributed by atoms with E-state index in [0.717, 1.165) is 22.4 Å². The number of thiophene rings is 1. The molecule has 1 aliphatic rings. The number of fused-ring (bicyclic) bond motifs is 2. The van der Waals surface area contributed by atoms with E-state index in [9.17, 15) is 23.2 Å². The van der Waals surface area contributed by atoms with E-state index in [1.807, 2.05) is 73.7 Å². The Kier molecular flexibility index (Phi) is 10.1. The number of nitrogens with zero attached hydrogens (tertiary/aromatic N) is 4. The van der Waals surface area contributed by atoms with Gasteiger partial charge in [-0.2, -0.15) is 0 Å². The van der Waals surface area contributed by atoms with Crippen LogP contribution in [0.3, 0.4) is 0 Å². The molecule has 0 spiro atoms. The number of halogens is 2. The molecule has 0 radical (unpaired) electrons. The van der Waals surface area contributed by atoms with Crippen LogP contribution in [-0.4, -0.2) is 44.9 Å². The molecule has 12 heteroatoms. The molecule has 6 rings (SSSR count). The molecule has 264 valence electrons. The number of anilines is 2. The first kappa shape index (κ1) is 35.5. The molecular formula is C39H39F2N5O4S. The minimum Gasteiger partial charge on any atom is -0.445 e. The highest BCUT2D eigenvalue weighted by Crippen LogP contribution is 2.35. The number of nitrogens with one attached hydrogen (secondary N) is 1. The zero-order chi connectivity index (χ0) is 36.4. The fourth-order valence-electron chi connectivity index (χ4n) is 6.00. The second-order valence-corrected chi connectivity index (χ2v) is 14.6. The van der Waals surface area contributed by atoms with Gasteiger partial charge in [0.1, 0.15) is 6.61 Å². The van der Waals surface area contributed by atoms with E-state index in [2.05, 4.69) is 32.7 Å². The molecule has 51 heavy (non-hydrogen) atoms. The van der Waals surface area contributed by atoms with Crippen molar-refractivity contribution in [2.45, 2.75) is 59.7 Å². The van der Waals surface area contributed by atoms with Crippen molar-refractivity contribution < 1.29 is 27.9 Å². The van der Waals surface area contributed by atoms with Crippen molar-refractivity contribution >= 4 is 51.9 Å². The first-order chi connectivity index (χ1) is 24.3. The zero-order valence-corrected chi connectivity index (χ0v) is 29.7. The van der Waals surface area contributed by atoms with Gasteiger partial charge in [-0.1, -0.05) is 69.8 Å². The summed E-state index contributed by atoms with van der Waals surface area (Å²) in [4.78, 5) is 47.6. The van der Waals surface area contributed by atoms with E-state index in [1.165, 1.54) is 18.2 Å². The number of alkyl halides is 2. The number of ether oxygens (including phenoxy) is 1. The highest BCUT2D eigenvalue weighted by molar-refractivity contribution is 7.14. The molecule has 0 saturated heterocycles. The van der Waals surface area contributed by atoms with Crippen LogP contribution >= 0.6 is 11.3 Å². The maximum atomic E-state index is 13.6. The topological polar surface area (TPSA) is 96.8 Å². The fourth-order valence-corrected chi connectivity index (χ4v) is 6.76. The normalized spacial score (nSPS) is 13.3. The predicted octanol–water partition coefficient (Wildman–Crippen LogP) is 8.93. The molecule has 5 aromatic rings. The minimum absolute atomic E-state index is 0.113. The molecule has 0 bridgehead atoms. The van der Waals surface area contributed by atoms with Gasteiger partial charge in [-0.3, -0.25) is 19.5 Å². The minimum atomic E-state index is -2.69. The van der Waals surface area contributed by atoms with Crippen LogP contribution in [0.4, 0.5) is 25.2 Å². The maximum Gasteiger partial charge on any atom is 0.410 e. The Balaban J connectivity index is 1.38. The molecular weight excluding hydrogens is 673 g/mol. The third-order valence-electron chi connectivity index (χ3n) is 9.19. The third-order valence-corrected chi connectivity index (χ3v) is 10.3. The Morgan fingerprint density at radius 2 is 1.80 bits per heavy atom. The van der Waals surface area contributed by atoms with Gasteiger partial charge in [0.15, 0.2) is 0 Å². The number of amides is 3. The standard InChI is InChI=1S/C39H39F2N5O4S/c1-6-34(47)44-19-18-27-13-14-28(21-31(27)44)46-30-15-12-26(20-29(30)42-37(46)43-36(48)33-17-16-32(51-33)35(40)41)22-45(24(2)39(3,4)5)38(49)50-23-25-10-8-7-9-11-25/h6-17,20-21,24,35H,1,18-19,22-23H2,2-5H3,(H,42,43,48)/t24-/m0/s1. The molecule has 0 unspecified atom stereocenters. The summed E-state index contributed by atoms with van der Waals surface area (Å²) in [5.74, 6) is -0.635. The van der Waals surface area contributed by atoms with E-state index < -0.39 is 18.4 Å². The average molecular weight is 712 g/mol. The summed E-state index contributed by atoms with van der Waals surface area (Å²) in [6.45, 7) is 12.7. The second kappa shape index (κ2) is 14.5. The number of rotatable bonds is 10. The van der Waals surface area contributed by atoms with E-state index in [1.54, 1.807) is 14.4 Å². The van der Waals surface area contributed by atoms with E-state index in [-0.39, 0.29) is 46.2 Å². The van der Waals surface area contributed by atoms with Crippen LogP contribution in [0.15, 0.2) is 91.5 Å². The molecule has 0 fully saturated rings. The first-order valence-electron chi connectivity index (χ1n) is 16.6. The van der Waals surface area contributed by atoms with Crippen LogP contribution in [0.2, 0.25) is 0 Å². The van der Waals surface area contributed by atoms with Gasteiger partial charge in [-0.05, 0) is 77.9 Å². The summed E-state index contributed by atoms with van der Waals surface area (Å²) in [6, 6.07) is 23.2. The molecule has 9 nitrogen and oxygen atoms in total. The number of aromatic nitrogens is 2. The summed E-state index contributed by atoms with van der Waals surface area (Å²) in [5, 5.41) is 2.83. The van der Waals surface area contributed by atoms with E-state index >= 15 is 0 Å². The van der Waals surface area contributed by atoms with Crippen LogP contribution in [-0.2, 0) is 29.1 Å². The molecule has 0 saturated carbocycles. The van der Waals surface area contributed by atoms with Crippen molar-refractivity contribution in [2.75, 3.05) is 16.8 Å². The number of hydrogen-bond acceptors (Lipinski definition) is 6. The van der Waals surface area contributed by atoms with Crippen molar-refractivity contribution in [1.29, 1.82) is 0 Å². The van der Waals surface area contributed by atoms with Gasteiger partial charge >= 0.3 is 6.09 Å². The van der Waals surface area contributed by atoms with Gasteiger partial charge in [0.05, 0.1) is 26.5 Å².